The summed E-state index contributed by atoms with van der Waals surface area (Å²) in [5.41, 5.74) is 2.16. The number of benzene rings is 1. The summed E-state index contributed by atoms with van der Waals surface area (Å²) in [5, 5.41) is 0. The molecule has 1 aromatic heterocycles. The van der Waals surface area contributed by atoms with E-state index in [0.29, 0.717) is 11.8 Å². The zero-order chi connectivity index (χ0) is 17.4. The normalized spacial score (nSPS) is 26.0. The SMILES string of the molecule is CC(=O)N1C[C@H]2CN(Cc3ccncc3)C[C@H]2[C@H]1c1cccc(F)c1. The number of likely N-dealkylation sites (tertiary alicyclic amines) is 2. The molecule has 25 heavy (non-hydrogen) atoms. The van der Waals surface area contributed by atoms with Gasteiger partial charge in [-0.3, -0.25) is 14.7 Å². The second-order valence-corrected chi connectivity index (χ2v) is 7.14. The summed E-state index contributed by atoms with van der Waals surface area (Å²) in [5.74, 6) is 0.631. The van der Waals surface area contributed by atoms with Gasteiger partial charge in [0.2, 0.25) is 5.91 Å². The number of carbonyl (C=O) groups is 1. The van der Waals surface area contributed by atoms with Crippen molar-refractivity contribution in [3.8, 4) is 0 Å². The van der Waals surface area contributed by atoms with Crippen LogP contribution in [0.4, 0.5) is 4.39 Å². The Bertz CT molecular complexity index is 767. The summed E-state index contributed by atoms with van der Waals surface area (Å²) in [6.07, 6.45) is 3.64. The molecule has 1 aromatic carbocycles. The molecule has 0 spiro atoms. The first-order valence-electron chi connectivity index (χ1n) is 8.76. The highest BCUT2D eigenvalue weighted by atomic mass is 19.1. The molecular formula is C20H22FN3O. The van der Waals surface area contributed by atoms with Crippen LogP contribution in [0.5, 0.6) is 0 Å². The Labute approximate surface area is 147 Å². The minimum Gasteiger partial charge on any atom is -0.335 e. The Kier molecular flexibility index (Phi) is 4.25. The molecule has 0 saturated carbocycles. The van der Waals surface area contributed by atoms with Crippen LogP contribution >= 0.6 is 0 Å². The van der Waals surface area contributed by atoms with Crippen molar-refractivity contribution < 1.29 is 9.18 Å². The number of pyridine rings is 1. The molecule has 2 saturated heterocycles. The lowest BCUT2D eigenvalue weighted by molar-refractivity contribution is -0.130. The van der Waals surface area contributed by atoms with Crippen LogP contribution < -0.4 is 0 Å². The molecule has 2 aromatic rings. The predicted octanol–water partition coefficient (Wildman–Crippen LogP) is 2.87. The van der Waals surface area contributed by atoms with E-state index in [1.54, 1.807) is 19.1 Å². The van der Waals surface area contributed by atoms with Crippen molar-refractivity contribution in [1.29, 1.82) is 0 Å². The molecular weight excluding hydrogens is 317 g/mol. The van der Waals surface area contributed by atoms with Crippen molar-refractivity contribution >= 4 is 5.91 Å². The summed E-state index contributed by atoms with van der Waals surface area (Å²) in [4.78, 5) is 20.6. The molecule has 3 atom stereocenters. The van der Waals surface area contributed by atoms with Crippen LogP contribution in [0.1, 0.15) is 24.1 Å². The van der Waals surface area contributed by atoms with Crippen LogP contribution in [0.2, 0.25) is 0 Å². The van der Waals surface area contributed by atoms with Gasteiger partial charge >= 0.3 is 0 Å². The van der Waals surface area contributed by atoms with E-state index in [2.05, 4.69) is 9.88 Å². The third kappa shape index (κ3) is 3.16. The zero-order valence-corrected chi connectivity index (χ0v) is 14.3. The average Bonchev–Trinajstić information content (AvgIpc) is 3.12. The summed E-state index contributed by atoms with van der Waals surface area (Å²) in [6, 6.07) is 10.8. The topological polar surface area (TPSA) is 36.4 Å². The van der Waals surface area contributed by atoms with E-state index in [-0.39, 0.29) is 17.8 Å². The number of amides is 1. The molecule has 0 bridgehead atoms. The van der Waals surface area contributed by atoms with Crippen molar-refractivity contribution in [1.82, 2.24) is 14.8 Å². The van der Waals surface area contributed by atoms with E-state index >= 15 is 0 Å². The molecule has 0 aliphatic carbocycles. The van der Waals surface area contributed by atoms with Gasteiger partial charge in [-0.25, -0.2) is 4.39 Å². The molecule has 2 aliphatic rings. The van der Waals surface area contributed by atoms with Gasteiger partial charge in [-0.1, -0.05) is 12.1 Å². The molecule has 1 amide bonds. The second-order valence-electron chi connectivity index (χ2n) is 7.14. The molecule has 3 heterocycles. The lowest BCUT2D eigenvalue weighted by atomic mass is 9.89. The van der Waals surface area contributed by atoms with Crippen molar-refractivity contribution in [3.63, 3.8) is 0 Å². The zero-order valence-electron chi connectivity index (χ0n) is 14.3. The van der Waals surface area contributed by atoms with Crippen LogP contribution in [0.15, 0.2) is 48.8 Å². The van der Waals surface area contributed by atoms with E-state index in [1.807, 2.05) is 35.5 Å². The number of nitrogens with zero attached hydrogens (tertiary/aromatic N) is 3. The van der Waals surface area contributed by atoms with Crippen molar-refractivity contribution in [3.05, 3.63) is 65.7 Å². The number of aromatic nitrogens is 1. The van der Waals surface area contributed by atoms with Crippen LogP contribution in [0.25, 0.3) is 0 Å². The van der Waals surface area contributed by atoms with Crippen LogP contribution in [-0.2, 0) is 11.3 Å². The maximum Gasteiger partial charge on any atom is 0.219 e. The molecule has 2 aliphatic heterocycles. The fraction of sp³-hybridized carbons (Fsp3) is 0.400. The Hall–Kier alpha value is -2.27. The summed E-state index contributed by atoms with van der Waals surface area (Å²) >= 11 is 0. The molecule has 0 unspecified atom stereocenters. The minimum absolute atomic E-state index is 0.0272. The van der Waals surface area contributed by atoms with Gasteiger partial charge < -0.3 is 4.90 Å². The highest BCUT2D eigenvalue weighted by molar-refractivity contribution is 5.74. The molecule has 2 fully saturated rings. The van der Waals surface area contributed by atoms with Crippen molar-refractivity contribution in [2.45, 2.75) is 19.5 Å². The lowest BCUT2D eigenvalue weighted by Gasteiger charge is -2.29. The maximum absolute atomic E-state index is 13.7. The molecule has 4 nitrogen and oxygen atoms in total. The lowest BCUT2D eigenvalue weighted by Crippen LogP contribution is -2.34. The van der Waals surface area contributed by atoms with Gasteiger partial charge in [0.1, 0.15) is 5.82 Å². The third-order valence-electron chi connectivity index (χ3n) is 5.49. The van der Waals surface area contributed by atoms with Crippen LogP contribution in [0.3, 0.4) is 0 Å². The molecule has 0 N–H and O–H groups in total. The molecule has 4 rings (SSSR count). The van der Waals surface area contributed by atoms with Gasteiger partial charge in [-0.2, -0.15) is 0 Å². The highest BCUT2D eigenvalue weighted by Crippen LogP contribution is 2.45. The summed E-state index contributed by atoms with van der Waals surface area (Å²) < 4.78 is 13.7. The molecule has 130 valence electrons. The third-order valence-corrected chi connectivity index (χ3v) is 5.49. The summed E-state index contributed by atoms with van der Waals surface area (Å²) in [6.45, 7) is 5.17. The number of hydrogen-bond acceptors (Lipinski definition) is 3. The largest absolute Gasteiger partial charge is 0.335 e. The summed E-state index contributed by atoms with van der Waals surface area (Å²) in [7, 11) is 0. The monoisotopic (exact) mass is 339 g/mol. The number of hydrogen-bond donors (Lipinski definition) is 0. The fourth-order valence-corrected chi connectivity index (χ4v) is 4.45. The Morgan fingerprint density at radius 2 is 2.00 bits per heavy atom. The number of fused-ring (bicyclic) bond motifs is 1. The smallest absolute Gasteiger partial charge is 0.219 e. The fourth-order valence-electron chi connectivity index (χ4n) is 4.45. The van der Waals surface area contributed by atoms with E-state index in [0.717, 1.165) is 31.7 Å². The Balaban J connectivity index is 1.56. The second kappa shape index (κ2) is 6.56. The number of rotatable bonds is 3. The first kappa shape index (κ1) is 16.2. The molecule has 0 radical (unpaired) electrons. The van der Waals surface area contributed by atoms with Gasteiger partial charge in [0.25, 0.3) is 0 Å². The minimum atomic E-state index is -0.240. The van der Waals surface area contributed by atoms with Crippen molar-refractivity contribution in [2.24, 2.45) is 11.8 Å². The predicted molar refractivity (Wildman–Crippen MR) is 93.0 cm³/mol. The maximum atomic E-state index is 13.7. The quantitative estimate of drug-likeness (QED) is 0.863. The van der Waals surface area contributed by atoms with E-state index in [1.165, 1.54) is 11.6 Å². The number of halogens is 1. The number of carbonyl (C=O) groups excluding carboxylic acids is 1. The van der Waals surface area contributed by atoms with Gasteiger partial charge in [-0.05, 0) is 41.3 Å². The van der Waals surface area contributed by atoms with E-state index < -0.39 is 0 Å². The van der Waals surface area contributed by atoms with Gasteiger partial charge in [0.15, 0.2) is 0 Å². The average molecular weight is 339 g/mol. The van der Waals surface area contributed by atoms with E-state index in [4.69, 9.17) is 0 Å². The first-order valence-corrected chi connectivity index (χ1v) is 8.76. The van der Waals surface area contributed by atoms with Crippen LogP contribution in [0, 0.1) is 17.7 Å². The first-order chi connectivity index (χ1) is 12.1. The Morgan fingerprint density at radius 3 is 2.72 bits per heavy atom. The standard InChI is InChI=1S/C20H22FN3O/c1-14(25)24-12-17-11-23(10-15-5-7-22-8-6-15)13-19(17)20(24)16-3-2-4-18(21)9-16/h2-9,17,19-20H,10-13H2,1H3/t17-,19-,20-/m1/s1. The highest BCUT2D eigenvalue weighted by Gasteiger charge is 2.48. The van der Waals surface area contributed by atoms with Gasteiger partial charge in [-0.15, -0.1) is 0 Å². The Morgan fingerprint density at radius 1 is 1.20 bits per heavy atom. The van der Waals surface area contributed by atoms with Gasteiger partial charge in [0, 0.05) is 51.4 Å². The molecule has 5 heteroatoms. The van der Waals surface area contributed by atoms with Gasteiger partial charge in [0.05, 0.1) is 6.04 Å². The van der Waals surface area contributed by atoms with Crippen molar-refractivity contribution in [2.75, 3.05) is 19.6 Å². The van der Waals surface area contributed by atoms with Crippen LogP contribution in [-0.4, -0.2) is 40.3 Å². The van der Waals surface area contributed by atoms with E-state index in [9.17, 15) is 9.18 Å².